The van der Waals surface area contributed by atoms with Gasteiger partial charge >= 0.3 is 0 Å². The number of amides is 3. The van der Waals surface area contributed by atoms with E-state index in [2.05, 4.69) is 36.0 Å². The third-order valence-corrected chi connectivity index (χ3v) is 12.4. The molecule has 0 aromatic heterocycles. The van der Waals surface area contributed by atoms with Crippen molar-refractivity contribution >= 4 is 51.1 Å². The molecule has 2 bridgehead atoms. The molecule has 3 unspecified atom stereocenters. The van der Waals surface area contributed by atoms with Crippen LogP contribution in [0, 0.1) is 17.8 Å². The molecular formula is C32H44BrN3O4S. The standard InChI is InChI=1S/C32H44BrN3O4S/c1-6-10-18-34(16-7-2)31(40)28-32-19-23(33)27(41-32)25(26(32)30(39)36(28)24(20-37)21(5)9-4)29(38)35(17-8-3)22-14-12-11-13-15-22/h7-8,11-15,21,23-28,37H,2-3,6,9-10,16-20H2,1,4-5H3/t21-,23?,24-,25+,26-,27+,28?,32?/m0/s1. The molecule has 3 amide bonds. The second kappa shape index (κ2) is 13.5. The van der Waals surface area contributed by atoms with Crippen LogP contribution in [0.4, 0.5) is 5.69 Å². The maximum Gasteiger partial charge on any atom is 0.247 e. The molecule has 7 nitrogen and oxygen atoms in total. The first-order valence-electron chi connectivity index (χ1n) is 14.8. The van der Waals surface area contributed by atoms with Gasteiger partial charge in [0.25, 0.3) is 0 Å². The van der Waals surface area contributed by atoms with Gasteiger partial charge in [-0.15, -0.1) is 24.9 Å². The first kappa shape index (κ1) is 31.8. The smallest absolute Gasteiger partial charge is 0.247 e. The molecular weight excluding hydrogens is 602 g/mol. The van der Waals surface area contributed by atoms with Crippen LogP contribution in [0.25, 0.3) is 0 Å². The van der Waals surface area contributed by atoms with E-state index in [1.165, 1.54) is 0 Å². The molecule has 1 aromatic rings. The number of alkyl halides is 1. The number of carbonyl (C=O) groups excluding carboxylic acids is 3. The van der Waals surface area contributed by atoms with Crippen LogP contribution >= 0.6 is 27.7 Å². The summed E-state index contributed by atoms with van der Waals surface area (Å²) in [6, 6.07) is 8.20. The lowest BCUT2D eigenvalue weighted by atomic mass is 9.70. The fourth-order valence-electron chi connectivity index (χ4n) is 7.01. The maximum atomic E-state index is 14.6. The molecule has 1 spiro atoms. The van der Waals surface area contributed by atoms with Crippen molar-refractivity contribution in [3.63, 3.8) is 0 Å². The van der Waals surface area contributed by atoms with Crippen LogP contribution in [0.1, 0.15) is 46.5 Å². The van der Waals surface area contributed by atoms with Crippen molar-refractivity contribution < 1.29 is 19.5 Å². The molecule has 9 heteroatoms. The van der Waals surface area contributed by atoms with Crippen molar-refractivity contribution in [1.29, 1.82) is 0 Å². The molecule has 8 atom stereocenters. The number of anilines is 1. The molecule has 0 saturated carbocycles. The minimum atomic E-state index is -0.767. The number of halogens is 1. The second-order valence-electron chi connectivity index (χ2n) is 11.5. The number of thioether (sulfide) groups is 1. The Labute approximate surface area is 257 Å². The molecule has 4 rings (SSSR count). The summed E-state index contributed by atoms with van der Waals surface area (Å²) in [6.07, 6.45) is 6.57. The number of benzene rings is 1. The van der Waals surface area contributed by atoms with Gasteiger partial charge in [-0.2, -0.15) is 0 Å². The molecule has 3 saturated heterocycles. The zero-order valence-corrected chi connectivity index (χ0v) is 26.9. The van der Waals surface area contributed by atoms with Gasteiger partial charge in [-0.1, -0.05) is 79.9 Å². The summed E-state index contributed by atoms with van der Waals surface area (Å²) < 4.78 is -0.767. The predicted molar refractivity (Wildman–Crippen MR) is 170 cm³/mol. The molecule has 41 heavy (non-hydrogen) atoms. The monoisotopic (exact) mass is 645 g/mol. The Balaban J connectivity index is 1.83. The summed E-state index contributed by atoms with van der Waals surface area (Å²) >= 11 is 5.51. The number of para-hydroxylation sites is 1. The van der Waals surface area contributed by atoms with Gasteiger partial charge in [0.1, 0.15) is 6.04 Å². The minimum Gasteiger partial charge on any atom is -0.394 e. The van der Waals surface area contributed by atoms with Gasteiger partial charge < -0.3 is 19.8 Å². The first-order chi connectivity index (χ1) is 19.7. The van der Waals surface area contributed by atoms with E-state index in [9.17, 15) is 19.5 Å². The van der Waals surface area contributed by atoms with Crippen LogP contribution in [0.15, 0.2) is 55.6 Å². The number of hydrogen-bond donors (Lipinski definition) is 1. The van der Waals surface area contributed by atoms with E-state index in [1.54, 1.807) is 33.7 Å². The third kappa shape index (κ3) is 5.54. The number of carbonyl (C=O) groups is 3. The number of nitrogens with zero attached hydrogens (tertiary/aromatic N) is 3. The Morgan fingerprint density at radius 3 is 2.46 bits per heavy atom. The summed E-state index contributed by atoms with van der Waals surface area (Å²) in [5.74, 6) is -1.69. The average molecular weight is 647 g/mol. The van der Waals surface area contributed by atoms with E-state index < -0.39 is 28.7 Å². The minimum absolute atomic E-state index is 0.0179. The van der Waals surface area contributed by atoms with Crippen LogP contribution in [-0.2, 0) is 14.4 Å². The summed E-state index contributed by atoms with van der Waals surface area (Å²) in [4.78, 5) is 48.9. The van der Waals surface area contributed by atoms with Crippen molar-refractivity contribution in [3.05, 3.63) is 55.6 Å². The molecule has 1 aromatic carbocycles. The van der Waals surface area contributed by atoms with Crippen molar-refractivity contribution in [2.45, 2.75) is 73.4 Å². The second-order valence-corrected chi connectivity index (χ2v) is 14.3. The number of likely N-dealkylation sites (tertiary alicyclic amines) is 1. The molecule has 1 N–H and O–H groups in total. The highest BCUT2D eigenvalue weighted by Gasteiger charge is 2.76. The maximum absolute atomic E-state index is 14.6. The average Bonchev–Trinajstić information content (AvgIpc) is 3.57. The highest BCUT2D eigenvalue weighted by Crippen LogP contribution is 2.68. The van der Waals surface area contributed by atoms with E-state index in [-0.39, 0.29) is 40.3 Å². The lowest BCUT2D eigenvalue weighted by molar-refractivity contribution is -0.146. The van der Waals surface area contributed by atoms with Gasteiger partial charge in [-0.25, -0.2) is 0 Å². The Morgan fingerprint density at radius 2 is 1.88 bits per heavy atom. The fraction of sp³-hybridized carbons (Fsp3) is 0.594. The summed E-state index contributed by atoms with van der Waals surface area (Å²) in [6.45, 7) is 14.9. The number of aliphatic hydroxyl groups excluding tert-OH is 1. The number of aliphatic hydroxyl groups is 1. The highest BCUT2D eigenvalue weighted by molar-refractivity contribution is 9.09. The van der Waals surface area contributed by atoms with Crippen LogP contribution in [-0.4, -0.2) is 85.8 Å². The zero-order valence-electron chi connectivity index (χ0n) is 24.5. The van der Waals surface area contributed by atoms with Crippen LogP contribution in [0.5, 0.6) is 0 Å². The van der Waals surface area contributed by atoms with E-state index >= 15 is 0 Å². The first-order valence-corrected chi connectivity index (χ1v) is 16.6. The van der Waals surface area contributed by atoms with Gasteiger partial charge in [-0.05, 0) is 30.9 Å². The SMILES string of the molecule is C=CCN(CCCC)C(=O)C1N([C@@H](CO)[C@@H](C)CC)C(=O)[C@@H]2[C@@H](C(=O)N(CC=C)c3ccccc3)[C@@H]3SC12CC3Br. The largest absolute Gasteiger partial charge is 0.394 e. The van der Waals surface area contributed by atoms with Gasteiger partial charge in [0.15, 0.2) is 0 Å². The third-order valence-electron chi connectivity index (χ3n) is 9.18. The molecule has 3 aliphatic heterocycles. The van der Waals surface area contributed by atoms with Crippen molar-refractivity contribution in [1.82, 2.24) is 9.80 Å². The van der Waals surface area contributed by atoms with E-state index in [4.69, 9.17) is 0 Å². The highest BCUT2D eigenvalue weighted by atomic mass is 79.9. The summed E-state index contributed by atoms with van der Waals surface area (Å²) in [5.41, 5.74) is 0.754. The number of unbranched alkanes of at least 4 members (excludes halogenated alkanes) is 1. The Morgan fingerprint density at radius 1 is 1.20 bits per heavy atom. The van der Waals surface area contributed by atoms with Gasteiger partial charge in [0.05, 0.1) is 29.2 Å². The quantitative estimate of drug-likeness (QED) is 0.230. The van der Waals surface area contributed by atoms with E-state index in [0.717, 1.165) is 24.9 Å². The zero-order chi connectivity index (χ0) is 29.9. The summed E-state index contributed by atoms with van der Waals surface area (Å²) in [7, 11) is 0. The normalized spacial score (nSPS) is 29.6. The topological polar surface area (TPSA) is 81.2 Å². The lowest BCUT2D eigenvalue weighted by Crippen LogP contribution is -2.59. The van der Waals surface area contributed by atoms with Crippen molar-refractivity contribution in [3.8, 4) is 0 Å². The number of rotatable bonds is 14. The Bertz CT molecular complexity index is 1140. The molecule has 3 fully saturated rings. The number of fused-ring (bicyclic) bond motifs is 1. The van der Waals surface area contributed by atoms with Crippen LogP contribution in [0.3, 0.4) is 0 Å². The van der Waals surface area contributed by atoms with Gasteiger partial charge in [-0.3, -0.25) is 14.4 Å². The molecule has 0 aliphatic carbocycles. The van der Waals surface area contributed by atoms with E-state index in [0.29, 0.717) is 26.1 Å². The van der Waals surface area contributed by atoms with Crippen molar-refractivity contribution in [2.75, 3.05) is 31.1 Å². The van der Waals surface area contributed by atoms with Crippen LogP contribution in [0.2, 0.25) is 0 Å². The summed E-state index contributed by atoms with van der Waals surface area (Å²) in [5, 5.41) is 10.5. The van der Waals surface area contributed by atoms with Gasteiger partial charge in [0.2, 0.25) is 17.7 Å². The molecule has 3 aliphatic rings. The lowest BCUT2D eigenvalue weighted by Gasteiger charge is -2.41. The van der Waals surface area contributed by atoms with Gasteiger partial charge in [0, 0.05) is 35.4 Å². The Hall–Kier alpha value is -2.10. The predicted octanol–water partition coefficient (Wildman–Crippen LogP) is 4.89. The Kier molecular flexibility index (Phi) is 10.5. The van der Waals surface area contributed by atoms with Crippen molar-refractivity contribution in [2.24, 2.45) is 17.8 Å². The van der Waals surface area contributed by atoms with Crippen LogP contribution < -0.4 is 4.90 Å². The molecule has 3 heterocycles. The molecule has 224 valence electrons. The number of hydrogen-bond acceptors (Lipinski definition) is 5. The van der Waals surface area contributed by atoms with E-state index in [1.807, 2.05) is 49.1 Å². The molecule has 0 radical (unpaired) electrons. The fourth-order valence-corrected chi connectivity index (χ4v) is 10.6.